The van der Waals surface area contributed by atoms with Crippen molar-refractivity contribution in [2.75, 3.05) is 13.6 Å². The molecule has 7 nitrogen and oxygen atoms in total. The lowest BCUT2D eigenvalue weighted by atomic mass is 9.94. The molecular weight excluding hydrogens is 390 g/mol. The summed E-state index contributed by atoms with van der Waals surface area (Å²) in [5, 5.41) is 0. The molecule has 0 aliphatic heterocycles. The van der Waals surface area contributed by atoms with Gasteiger partial charge in [-0.3, -0.25) is 20.4 Å². The molecule has 156 valence electrons. The normalized spacial score (nSPS) is 12.4. The molecule has 8 heteroatoms. The van der Waals surface area contributed by atoms with Crippen LogP contribution in [0.15, 0.2) is 59.5 Å². The van der Waals surface area contributed by atoms with Crippen LogP contribution in [0.1, 0.15) is 36.8 Å². The minimum atomic E-state index is -3.80. The Bertz CT molecular complexity index is 928. The zero-order valence-electron chi connectivity index (χ0n) is 16.9. The van der Waals surface area contributed by atoms with Crippen molar-refractivity contribution in [2.45, 2.75) is 37.5 Å². The average molecular weight is 418 g/mol. The van der Waals surface area contributed by atoms with Gasteiger partial charge in [0.1, 0.15) is 0 Å². The van der Waals surface area contributed by atoms with Gasteiger partial charge < -0.3 is 0 Å². The van der Waals surface area contributed by atoms with Gasteiger partial charge >= 0.3 is 0 Å². The maximum atomic E-state index is 12.6. The zero-order valence-corrected chi connectivity index (χ0v) is 17.7. The number of hydrogen-bond donors (Lipinski definition) is 2. The van der Waals surface area contributed by atoms with Gasteiger partial charge in [0, 0.05) is 7.05 Å². The van der Waals surface area contributed by atoms with Crippen molar-refractivity contribution in [1.29, 1.82) is 0 Å². The maximum Gasteiger partial charge on any atom is 0.253 e. The fourth-order valence-corrected chi connectivity index (χ4v) is 3.99. The summed E-state index contributed by atoms with van der Waals surface area (Å²) < 4.78 is 26.1. The molecule has 0 aliphatic carbocycles. The summed E-state index contributed by atoms with van der Waals surface area (Å²) in [5.41, 5.74) is 6.52. The summed E-state index contributed by atoms with van der Waals surface area (Å²) in [4.78, 5) is 24.8. The Morgan fingerprint density at radius 2 is 1.62 bits per heavy atom. The maximum absolute atomic E-state index is 12.6. The van der Waals surface area contributed by atoms with Gasteiger partial charge in [-0.15, -0.1) is 0 Å². The van der Waals surface area contributed by atoms with Crippen LogP contribution in [0.25, 0.3) is 0 Å². The molecule has 0 bridgehead atoms. The van der Waals surface area contributed by atoms with E-state index in [1.54, 1.807) is 12.1 Å². The molecule has 2 aromatic carbocycles. The molecule has 2 amide bonds. The van der Waals surface area contributed by atoms with E-state index in [9.17, 15) is 18.0 Å². The highest BCUT2D eigenvalue weighted by Gasteiger charge is 2.24. The number of hydrazine groups is 1. The second-order valence-corrected chi connectivity index (χ2v) is 8.91. The number of amides is 2. The van der Waals surface area contributed by atoms with Gasteiger partial charge in [0.2, 0.25) is 15.9 Å². The quantitative estimate of drug-likeness (QED) is 0.645. The lowest BCUT2D eigenvalue weighted by Gasteiger charge is -2.19. The molecule has 0 saturated heterocycles. The highest BCUT2D eigenvalue weighted by Crippen LogP contribution is 2.21. The molecule has 0 saturated carbocycles. The molecule has 29 heavy (non-hydrogen) atoms. The SMILES string of the molecule is CCC[C@@H](C(=O)NNC(=O)CN(C)S(=O)(=O)c1ccc(C)cc1)c1ccccc1. The van der Waals surface area contributed by atoms with E-state index in [1.807, 2.05) is 44.2 Å². The largest absolute Gasteiger partial charge is 0.273 e. The van der Waals surface area contributed by atoms with E-state index in [0.29, 0.717) is 6.42 Å². The van der Waals surface area contributed by atoms with Crippen molar-refractivity contribution in [3.8, 4) is 0 Å². The van der Waals surface area contributed by atoms with Gasteiger partial charge in [-0.1, -0.05) is 61.4 Å². The number of nitrogens with zero attached hydrogens (tertiary/aromatic N) is 1. The zero-order chi connectivity index (χ0) is 21.4. The minimum absolute atomic E-state index is 0.106. The summed E-state index contributed by atoms with van der Waals surface area (Å²) >= 11 is 0. The molecule has 0 aliphatic rings. The summed E-state index contributed by atoms with van der Waals surface area (Å²) in [6, 6.07) is 15.7. The van der Waals surface area contributed by atoms with E-state index in [-0.39, 0.29) is 10.8 Å². The number of nitrogens with one attached hydrogen (secondary N) is 2. The fourth-order valence-electron chi connectivity index (χ4n) is 2.86. The van der Waals surface area contributed by atoms with Gasteiger partial charge in [-0.05, 0) is 31.0 Å². The monoisotopic (exact) mass is 417 g/mol. The molecular formula is C21H27N3O4S. The predicted octanol–water partition coefficient (Wildman–Crippen LogP) is 2.35. The third-order valence-electron chi connectivity index (χ3n) is 4.52. The first-order valence-electron chi connectivity index (χ1n) is 9.42. The Morgan fingerprint density at radius 1 is 1.00 bits per heavy atom. The smallest absolute Gasteiger partial charge is 0.253 e. The highest BCUT2D eigenvalue weighted by atomic mass is 32.2. The van der Waals surface area contributed by atoms with Crippen LogP contribution in [0.3, 0.4) is 0 Å². The lowest BCUT2D eigenvalue weighted by Crippen LogP contribution is -2.48. The topological polar surface area (TPSA) is 95.6 Å². The first kappa shape index (κ1) is 22.6. The summed E-state index contributed by atoms with van der Waals surface area (Å²) in [7, 11) is -2.48. The molecule has 1 atom stereocenters. The van der Waals surface area contributed by atoms with Gasteiger partial charge in [0.25, 0.3) is 5.91 Å². The Balaban J connectivity index is 1.95. The lowest BCUT2D eigenvalue weighted by molar-refractivity contribution is -0.129. The van der Waals surface area contributed by atoms with Crippen LogP contribution in [-0.4, -0.2) is 38.1 Å². The molecule has 0 heterocycles. The highest BCUT2D eigenvalue weighted by molar-refractivity contribution is 7.89. The van der Waals surface area contributed by atoms with Crippen LogP contribution in [0.2, 0.25) is 0 Å². The first-order valence-corrected chi connectivity index (χ1v) is 10.9. The molecule has 0 fully saturated rings. The molecule has 0 spiro atoms. The summed E-state index contributed by atoms with van der Waals surface area (Å²) in [5.74, 6) is -1.36. The second-order valence-electron chi connectivity index (χ2n) is 6.86. The molecule has 0 radical (unpaired) electrons. The summed E-state index contributed by atoms with van der Waals surface area (Å²) in [6.07, 6.45) is 1.44. The second kappa shape index (κ2) is 10.2. The predicted molar refractivity (Wildman–Crippen MR) is 111 cm³/mol. The Kier molecular flexibility index (Phi) is 7.92. The van der Waals surface area contributed by atoms with Crippen molar-refractivity contribution >= 4 is 21.8 Å². The number of aryl methyl sites for hydroxylation is 1. The van der Waals surface area contributed by atoms with Crippen LogP contribution in [0.5, 0.6) is 0 Å². The molecule has 2 aromatic rings. The van der Waals surface area contributed by atoms with Gasteiger partial charge in [-0.25, -0.2) is 8.42 Å². The third-order valence-corrected chi connectivity index (χ3v) is 6.33. The fraction of sp³-hybridized carbons (Fsp3) is 0.333. The molecule has 0 unspecified atom stereocenters. The van der Waals surface area contributed by atoms with E-state index in [1.165, 1.54) is 19.2 Å². The Labute approximate surface area is 172 Å². The number of sulfonamides is 1. The van der Waals surface area contributed by atoms with Crippen molar-refractivity contribution < 1.29 is 18.0 Å². The first-order chi connectivity index (χ1) is 13.8. The number of likely N-dealkylation sites (N-methyl/N-ethyl adjacent to an activating group) is 1. The van der Waals surface area contributed by atoms with Gasteiger partial charge in [0.15, 0.2) is 0 Å². The third kappa shape index (κ3) is 6.13. The Morgan fingerprint density at radius 3 is 2.21 bits per heavy atom. The summed E-state index contributed by atoms with van der Waals surface area (Å²) in [6.45, 7) is 3.42. The number of benzene rings is 2. The molecule has 0 aromatic heterocycles. The average Bonchev–Trinajstić information content (AvgIpc) is 2.71. The van der Waals surface area contributed by atoms with Crippen LogP contribution in [-0.2, 0) is 19.6 Å². The van der Waals surface area contributed by atoms with E-state index >= 15 is 0 Å². The molecule has 2 N–H and O–H groups in total. The standard InChI is InChI=1S/C21H27N3O4S/c1-4-8-19(17-9-6-5-7-10-17)21(26)23-22-20(25)15-24(3)29(27,28)18-13-11-16(2)12-14-18/h5-7,9-14,19H,4,8,15H2,1-3H3,(H,22,25)(H,23,26)/t19-/m1/s1. The number of rotatable bonds is 8. The van der Waals surface area contributed by atoms with Crippen molar-refractivity contribution in [3.63, 3.8) is 0 Å². The van der Waals surface area contributed by atoms with Crippen molar-refractivity contribution in [1.82, 2.24) is 15.2 Å². The van der Waals surface area contributed by atoms with Gasteiger partial charge in [0.05, 0.1) is 17.4 Å². The van der Waals surface area contributed by atoms with Gasteiger partial charge in [-0.2, -0.15) is 4.31 Å². The van der Waals surface area contributed by atoms with E-state index in [0.717, 1.165) is 21.9 Å². The van der Waals surface area contributed by atoms with E-state index in [4.69, 9.17) is 0 Å². The minimum Gasteiger partial charge on any atom is -0.273 e. The van der Waals surface area contributed by atoms with Crippen LogP contribution >= 0.6 is 0 Å². The molecule has 2 rings (SSSR count). The number of carbonyl (C=O) groups is 2. The van der Waals surface area contributed by atoms with Crippen LogP contribution < -0.4 is 10.9 Å². The van der Waals surface area contributed by atoms with E-state index < -0.39 is 28.4 Å². The van der Waals surface area contributed by atoms with Crippen LogP contribution in [0, 0.1) is 6.92 Å². The van der Waals surface area contributed by atoms with Crippen molar-refractivity contribution in [3.05, 3.63) is 65.7 Å². The Hall–Kier alpha value is -2.71. The number of carbonyl (C=O) groups excluding carboxylic acids is 2. The van der Waals surface area contributed by atoms with Crippen molar-refractivity contribution in [2.24, 2.45) is 0 Å². The van der Waals surface area contributed by atoms with Crippen LogP contribution in [0.4, 0.5) is 0 Å². The van der Waals surface area contributed by atoms with E-state index in [2.05, 4.69) is 10.9 Å². The number of hydrogen-bond acceptors (Lipinski definition) is 4.